The number of fused-ring (bicyclic) bond motifs is 1. The molecule has 0 radical (unpaired) electrons. The first-order valence-corrected chi connectivity index (χ1v) is 7.97. The van der Waals surface area contributed by atoms with Gasteiger partial charge in [0, 0.05) is 25.3 Å². The molecule has 1 aromatic heterocycles. The predicted octanol–water partition coefficient (Wildman–Crippen LogP) is 3.24. The molecule has 2 heterocycles. The Morgan fingerprint density at radius 3 is 2.19 bits per heavy atom. The predicted molar refractivity (Wildman–Crippen MR) is 94.5 cm³/mol. The summed E-state index contributed by atoms with van der Waals surface area (Å²) in [5, 5.41) is 7.42. The molecule has 3 aromatic rings. The van der Waals surface area contributed by atoms with E-state index in [1.165, 1.54) is 4.90 Å². The third-order valence-corrected chi connectivity index (χ3v) is 3.72. The molecule has 1 saturated heterocycles. The van der Waals surface area contributed by atoms with Gasteiger partial charge in [-0.3, -0.25) is 19.3 Å². The summed E-state index contributed by atoms with van der Waals surface area (Å²) >= 11 is 0. The molecular weight excluding hydrogens is 336 g/mol. The summed E-state index contributed by atoms with van der Waals surface area (Å²) in [6.45, 7) is 1.08. The third kappa shape index (κ3) is 3.61. The molecule has 0 spiro atoms. The van der Waals surface area contributed by atoms with Crippen molar-refractivity contribution >= 4 is 34.6 Å². The number of oxazole rings is 1. The van der Waals surface area contributed by atoms with Gasteiger partial charge in [-0.15, -0.1) is 0 Å². The van der Waals surface area contributed by atoms with Crippen LogP contribution in [-0.2, 0) is 14.4 Å². The lowest BCUT2D eigenvalue weighted by Gasteiger charge is -2.13. The summed E-state index contributed by atoms with van der Waals surface area (Å²) in [6, 6.07) is 14.6. The second-order valence-electron chi connectivity index (χ2n) is 5.68. The second-order valence-corrected chi connectivity index (χ2v) is 5.68. The van der Waals surface area contributed by atoms with E-state index in [0.717, 1.165) is 23.6 Å². The highest BCUT2D eigenvalue weighted by molar-refractivity contribution is 6.19. The summed E-state index contributed by atoms with van der Waals surface area (Å²) in [7, 11) is 0. The van der Waals surface area contributed by atoms with E-state index in [1.54, 1.807) is 24.3 Å². The van der Waals surface area contributed by atoms with E-state index in [2.05, 4.69) is 4.98 Å². The molecule has 0 unspecified atom stereocenters. The number of para-hydroxylation sites is 2. The van der Waals surface area contributed by atoms with Crippen molar-refractivity contribution in [2.75, 3.05) is 4.90 Å². The number of rotatable bonds is 2. The standard InChI is InChI=1S/C17H12N2O3.C2H4O2/c20-15-9-10-16(21)19(15)12-7-5-11(6-8-12)17-18-13-3-1-2-4-14(13)22-17;1-2(3)4/h1-8H,9-10H2;1H3,(H,3,4). The summed E-state index contributed by atoms with van der Waals surface area (Å²) in [6.07, 6.45) is 0.567. The molecule has 2 aromatic carbocycles. The number of imide groups is 1. The number of hydrogen-bond acceptors (Lipinski definition) is 5. The average Bonchev–Trinajstić information content (AvgIpc) is 3.18. The second kappa shape index (κ2) is 7.18. The minimum atomic E-state index is -0.833. The summed E-state index contributed by atoms with van der Waals surface area (Å²) < 4.78 is 5.70. The lowest BCUT2D eigenvalue weighted by molar-refractivity contribution is -0.134. The number of amides is 2. The molecule has 0 saturated carbocycles. The highest BCUT2D eigenvalue weighted by Crippen LogP contribution is 2.28. The zero-order valence-corrected chi connectivity index (χ0v) is 14.0. The number of carbonyl (C=O) groups excluding carboxylic acids is 2. The summed E-state index contributed by atoms with van der Waals surface area (Å²) in [4.78, 5) is 38.1. The lowest BCUT2D eigenvalue weighted by atomic mass is 10.2. The normalized spacial score (nSPS) is 13.7. The number of carbonyl (C=O) groups is 3. The number of carboxylic acid groups (broad SMARTS) is 1. The topological polar surface area (TPSA) is 101 Å². The van der Waals surface area contributed by atoms with E-state index in [1.807, 2.05) is 24.3 Å². The molecule has 26 heavy (non-hydrogen) atoms. The van der Waals surface area contributed by atoms with E-state index >= 15 is 0 Å². The number of anilines is 1. The fraction of sp³-hybridized carbons (Fsp3) is 0.158. The van der Waals surface area contributed by atoms with Crippen LogP contribution in [0, 0.1) is 0 Å². The number of hydrogen-bond donors (Lipinski definition) is 1. The summed E-state index contributed by atoms with van der Waals surface area (Å²) in [5.41, 5.74) is 2.92. The molecule has 7 nitrogen and oxygen atoms in total. The molecule has 0 atom stereocenters. The van der Waals surface area contributed by atoms with Crippen molar-refractivity contribution in [3.63, 3.8) is 0 Å². The van der Waals surface area contributed by atoms with Crippen molar-refractivity contribution in [2.24, 2.45) is 0 Å². The average molecular weight is 352 g/mol. The number of benzene rings is 2. The van der Waals surface area contributed by atoms with Crippen molar-refractivity contribution in [1.82, 2.24) is 4.98 Å². The maximum atomic E-state index is 11.7. The molecule has 2 amide bonds. The molecule has 0 aliphatic carbocycles. The van der Waals surface area contributed by atoms with Gasteiger partial charge in [0.2, 0.25) is 17.7 Å². The Morgan fingerprint density at radius 2 is 1.62 bits per heavy atom. The highest BCUT2D eigenvalue weighted by atomic mass is 16.4. The molecule has 4 rings (SSSR count). The molecule has 0 bridgehead atoms. The van der Waals surface area contributed by atoms with Crippen LogP contribution in [0.1, 0.15) is 19.8 Å². The van der Waals surface area contributed by atoms with E-state index in [0.29, 0.717) is 11.6 Å². The zero-order chi connectivity index (χ0) is 18.7. The number of aromatic nitrogens is 1. The first-order valence-electron chi connectivity index (χ1n) is 7.97. The summed E-state index contributed by atoms with van der Waals surface area (Å²) in [5.74, 6) is -0.619. The molecule has 132 valence electrons. The largest absolute Gasteiger partial charge is 0.481 e. The Kier molecular flexibility index (Phi) is 4.79. The lowest BCUT2D eigenvalue weighted by Crippen LogP contribution is -2.28. The molecule has 1 aliphatic heterocycles. The monoisotopic (exact) mass is 352 g/mol. The fourth-order valence-corrected chi connectivity index (χ4v) is 2.61. The minimum absolute atomic E-state index is 0.153. The first-order chi connectivity index (χ1) is 12.5. The van der Waals surface area contributed by atoms with Gasteiger partial charge in [0.25, 0.3) is 5.97 Å². The van der Waals surface area contributed by atoms with Crippen LogP contribution < -0.4 is 4.90 Å². The third-order valence-electron chi connectivity index (χ3n) is 3.72. The maximum Gasteiger partial charge on any atom is 0.300 e. The quantitative estimate of drug-likeness (QED) is 0.711. The SMILES string of the molecule is CC(=O)O.O=C1CCC(=O)N1c1ccc(-c2nc3ccccc3o2)cc1. The van der Waals surface area contributed by atoms with Crippen molar-refractivity contribution < 1.29 is 23.9 Å². The van der Waals surface area contributed by atoms with Crippen LogP contribution in [-0.4, -0.2) is 27.9 Å². The molecule has 1 aliphatic rings. The van der Waals surface area contributed by atoms with Gasteiger partial charge >= 0.3 is 0 Å². The van der Waals surface area contributed by atoms with Gasteiger partial charge in [-0.25, -0.2) is 4.98 Å². The molecule has 7 heteroatoms. The van der Waals surface area contributed by atoms with Gasteiger partial charge in [-0.1, -0.05) is 12.1 Å². The van der Waals surface area contributed by atoms with Gasteiger partial charge in [-0.05, 0) is 36.4 Å². The Morgan fingerprint density at radius 1 is 1.04 bits per heavy atom. The van der Waals surface area contributed by atoms with Crippen LogP contribution in [0.15, 0.2) is 52.9 Å². The zero-order valence-electron chi connectivity index (χ0n) is 14.0. The van der Waals surface area contributed by atoms with Crippen LogP contribution in [0.25, 0.3) is 22.6 Å². The van der Waals surface area contributed by atoms with E-state index in [-0.39, 0.29) is 24.7 Å². The van der Waals surface area contributed by atoms with Gasteiger partial charge in [0.15, 0.2) is 5.58 Å². The van der Waals surface area contributed by atoms with Gasteiger partial charge in [-0.2, -0.15) is 0 Å². The Hall–Kier alpha value is -3.48. The first kappa shape index (κ1) is 17.3. The van der Waals surface area contributed by atoms with Crippen LogP contribution in [0.5, 0.6) is 0 Å². The van der Waals surface area contributed by atoms with Crippen molar-refractivity contribution in [1.29, 1.82) is 0 Å². The van der Waals surface area contributed by atoms with E-state index in [9.17, 15) is 9.59 Å². The van der Waals surface area contributed by atoms with Gasteiger partial charge in [0.1, 0.15) is 5.52 Å². The number of nitrogens with zero attached hydrogens (tertiary/aromatic N) is 2. The smallest absolute Gasteiger partial charge is 0.300 e. The Labute approximate surface area is 148 Å². The maximum absolute atomic E-state index is 11.7. The van der Waals surface area contributed by atoms with Crippen LogP contribution in [0.3, 0.4) is 0 Å². The van der Waals surface area contributed by atoms with Crippen LogP contribution in [0.4, 0.5) is 5.69 Å². The van der Waals surface area contributed by atoms with Gasteiger partial charge < -0.3 is 9.52 Å². The Balaban J connectivity index is 0.000000447. The fourth-order valence-electron chi connectivity index (χ4n) is 2.61. The molecular formula is C19H16N2O5. The van der Waals surface area contributed by atoms with Crippen LogP contribution >= 0.6 is 0 Å². The Bertz CT molecular complexity index is 922. The number of aliphatic carboxylic acids is 1. The molecule has 1 fully saturated rings. The van der Waals surface area contributed by atoms with Gasteiger partial charge in [0.05, 0.1) is 5.69 Å². The van der Waals surface area contributed by atoms with E-state index < -0.39 is 5.97 Å². The van der Waals surface area contributed by atoms with Crippen molar-refractivity contribution in [2.45, 2.75) is 19.8 Å². The van der Waals surface area contributed by atoms with E-state index in [4.69, 9.17) is 14.3 Å². The minimum Gasteiger partial charge on any atom is -0.481 e. The van der Waals surface area contributed by atoms with Crippen LogP contribution in [0.2, 0.25) is 0 Å². The van der Waals surface area contributed by atoms with Crippen molar-refractivity contribution in [3.05, 3.63) is 48.5 Å². The highest BCUT2D eigenvalue weighted by Gasteiger charge is 2.30. The number of carboxylic acids is 1. The molecule has 1 N–H and O–H groups in total. The van der Waals surface area contributed by atoms with Crippen molar-refractivity contribution in [3.8, 4) is 11.5 Å².